The zero-order chi connectivity index (χ0) is 26.7. The number of aromatic nitrogens is 3. The second-order valence-corrected chi connectivity index (χ2v) is 9.57. The van der Waals surface area contributed by atoms with Crippen LogP contribution in [0, 0.1) is 13.8 Å². The van der Waals surface area contributed by atoms with Gasteiger partial charge in [-0.1, -0.05) is 26.0 Å². The summed E-state index contributed by atoms with van der Waals surface area (Å²) < 4.78 is 40.2. The van der Waals surface area contributed by atoms with Crippen LogP contribution in [0.4, 0.5) is 18.9 Å². The van der Waals surface area contributed by atoms with Gasteiger partial charge in [0.05, 0.1) is 39.1 Å². The Bertz CT molecular complexity index is 1400. The maximum Gasteiger partial charge on any atom is 0.416 e. The van der Waals surface area contributed by atoms with Gasteiger partial charge in [-0.2, -0.15) is 13.2 Å². The summed E-state index contributed by atoms with van der Waals surface area (Å²) in [4.78, 5) is 16.7. The Morgan fingerprint density at radius 1 is 0.919 bits per heavy atom. The molecule has 0 bridgehead atoms. The van der Waals surface area contributed by atoms with Crippen LogP contribution in [0.25, 0.3) is 33.2 Å². The van der Waals surface area contributed by atoms with E-state index in [1.807, 2.05) is 32.0 Å². The van der Waals surface area contributed by atoms with E-state index >= 15 is 0 Å². The molecular weight excluding hydrogens is 475 g/mol. The fourth-order valence-corrected chi connectivity index (χ4v) is 4.63. The lowest BCUT2D eigenvalue weighted by Crippen LogP contribution is -2.25. The second kappa shape index (κ2) is 11.0. The third kappa shape index (κ3) is 6.01. The third-order valence-corrected chi connectivity index (χ3v) is 6.91. The molecule has 2 aromatic heterocycles. The molecule has 0 aliphatic carbocycles. The lowest BCUT2D eigenvalue weighted by molar-refractivity contribution is -0.137. The van der Waals surface area contributed by atoms with E-state index in [2.05, 4.69) is 31.0 Å². The molecule has 1 unspecified atom stereocenters. The van der Waals surface area contributed by atoms with Crippen LogP contribution in [0.5, 0.6) is 0 Å². The van der Waals surface area contributed by atoms with Crippen LogP contribution in [0.1, 0.15) is 50.6 Å². The van der Waals surface area contributed by atoms with Crippen molar-refractivity contribution in [1.29, 1.82) is 0 Å². The second-order valence-electron chi connectivity index (χ2n) is 9.57. The molecule has 8 heteroatoms. The van der Waals surface area contributed by atoms with Crippen molar-refractivity contribution in [2.24, 2.45) is 0 Å². The van der Waals surface area contributed by atoms with Crippen LogP contribution in [-0.2, 0) is 6.18 Å². The Kier molecular flexibility index (Phi) is 7.97. The van der Waals surface area contributed by atoms with Crippen molar-refractivity contribution in [3.8, 4) is 11.3 Å². The van der Waals surface area contributed by atoms with Gasteiger partial charge in [-0.15, -0.1) is 0 Å². The van der Waals surface area contributed by atoms with Crippen LogP contribution in [0.15, 0.2) is 42.5 Å². The standard InChI is InChI=1S/C29H34F3N5/c1-6-37(7-2)15-9-10-18(3)33-26-17-25(21-11-8-12-22(16-21)29(30,31)32)36-23-13-14-24-28(27(23)26)35-20(5)19(4)34-24/h8,11-14,16-18H,6-7,9-10,15H2,1-5H3,(H,33,36). The highest BCUT2D eigenvalue weighted by atomic mass is 19.4. The summed E-state index contributed by atoms with van der Waals surface area (Å²) in [6.45, 7) is 13.4. The molecule has 5 nitrogen and oxygen atoms in total. The van der Waals surface area contributed by atoms with Gasteiger partial charge in [0.15, 0.2) is 0 Å². The van der Waals surface area contributed by atoms with E-state index in [4.69, 9.17) is 15.0 Å². The van der Waals surface area contributed by atoms with Crippen molar-refractivity contribution in [3.05, 3.63) is 59.4 Å². The molecule has 0 amide bonds. The Balaban J connectivity index is 1.80. The zero-order valence-corrected chi connectivity index (χ0v) is 22.1. The molecule has 0 spiro atoms. The molecule has 0 radical (unpaired) electrons. The number of alkyl halides is 3. The molecule has 1 N–H and O–H groups in total. The van der Waals surface area contributed by atoms with Crippen LogP contribution < -0.4 is 5.32 Å². The normalized spacial score (nSPS) is 13.0. The van der Waals surface area contributed by atoms with Crippen molar-refractivity contribution >= 4 is 27.6 Å². The van der Waals surface area contributed by atoms with Gasteiger partial charge in [-0.25, -0.2) is 15.0 Å². The molecule has 196 valence electrons. The first-order valence-electron chi connectivity index (χ1n) is 12.9. The Morgan fingerprint density at radius 3 is 2.32 bits per heavy atom. The highest BCUT2D eigenvalue weighted by Gasteiger charge is 2.30. The minimum absolute atomic E-state index is 0.144. The summed E-state index contributed by atoms with van der Waals surface area (Å²) in [5, 5.41) is 4.46. The fraction of sp³-hybridized carbons (Fsp3) is 0.414. The van der Waals surface area contributed by atoms with Crippen LogP contribution in [-0.4, -0.2) is 45.5 Å². The molecule has 4 aromatic rings. The molecule has 0 saturated carbocycles. The lowest BCUT2D eigenvalue weighted by atomic mass is 10.0. The van der Waals surface area contributed by atoms with E-state index in [9.17, 15) is 13.2 Å². The predicted octanol–water partition coefficient (Wildman–Crippen LogP) is 7.40. The first-order valence-corrected chi connectivity index (χ1v) is 12.9. The van der Waals surface area contributed by atoms with Gasteiger partial charge in [-0.05, 0) is 83.6 Å². The number of pyridine rings is 1. The Labute approximate surface area is 216 Å². The van der Waals surface area contributed by atoms with Gasteiger partial charge in [0.1, 0.15) is 5.52 Å². The number of nitrogens with one attached hydrogen (secondary N) is 1. The maximum atomic E-state index is 13.4. The number of rotatable bonds is 9. The van der Waals surface area contributed by atoms with Gasteiger partial charge in [0.2, 0.25) is 0 Å². The van der Waals surface area contributed by atoms with E-state index in [1.54, 1.807) is 6.07 Å². The van der Waals surface area contributed by atoms with Crippen molar-refractivity contribution in [3.63, 3.8) is 0 Å². The van der Waals surface area contributed by atoms with E-state index in [-0.39, 0.29) is 6.04 Å². The molecule has 4 rings (SSSR count). The average molecular weight is 510 g/mol. The van der Waals surface area contributed by atoms with Gasteiger partial charge in [-0.3, -0.25) is 0 Å². The predicted molar refractivity (Wildman–Crippen MR) is 145 cm³/mol. The van der Waals surface area contributed by atoms with E-state index in [0.29, 0.717) is 16.8 Å². The van der Waals surface area contributed by atoms with Crippen LogP contribution >= 0.6 is 0 Å². The first-order chi connectivity index (χ1) is 17.6. The lowest BCUT2D eigenvalue weighted by Gasteiger charge is -2.21. The number of halogens is 3. The van der Waals surface area contributed by atoms with Crippen LogP contribution in [0.3, 0.4) is 0 Å². The molecule has 2 heterocycles. The maximum absolute atomic E-state index is 13.4. The van der Waals surface area contributed by atoms with E-state index in [1.165, 1.54) is 6.07 Å². The molecule has 0 saturated heterocycles. The number of fused-ring (bicyclic) bond motifs is 3. The number of benzene rings is 2. The summed E-state index contributed by atoms with van der Waals surface area (Å²) in [5.41, 5.74) is 4.87. The fourth-order valence-electron chi connectivity index (χ4n) is 4.63. The smallest absolute Gasteiger partial charge is 0.382 e. The summed E-state index contributed by atoms with van der Waals surface area (Å²) >= 11 is 0. The summed E-state index contributed by atoms with van der Waals surface area (Å²) in [6, 6.07) is 11.0. The minimum atomic E-state index is -4.42. The minimum Gasteiger partial charge on any atom is -0.382 e. The van der Waals surface area contributed by atoms with Crippen molar-refractivity contribution in [1.82, 2.24) is 19.9 Å². The van der Waals surface area contributed by atoms with Crippen molar-refractivity contribution < 1.29 is 13.2 Å². The highest BCUT2D eigenvalue weighted by molar-refractivity contribution is 6.10. The molecular formula is C29H34F3N5. The van der Waals surface area contributed by atoms with Crippen LogP contribution in [0.2, 0.25) is 0 Å². The Morgan fingerprint density at radius 2 is 1.62 bits per heavy atom. The third-order valence-electron chi connectivity index (χ3n) is 6.91. The van der Waals surface area contributed by atoms with Gasteiger partial charge < -0.3 is 10.2 Å². The zero-order valence-electron chi connectivity index (χ0n) is 22.1. The van der Waals surface area contributed by atoms with E-state index < -0.39 is 11.7 Å². The molecule has 0 aliphatic heterocycles. The number of hydrogen-bond acceptors (Lipinski definition) is 5. The van der Waals surface area contributed by atoms with Crippen molar-refractivity contribution in [2.45, 2.75) is 59.7 Å². The summed E-state index contributed by atoms with van der Waals surface area (Å²) in [7, 11) is 0. The number of hydrogen-bond donors (Lipinski definition) is 1. The monoisotopic (exact) mass is 509 g/mol. The van der Waals surface area contributed by atoms with Gasteiger partial charge >= 0.3 is 6.18 Å². The number of nitrogens with zero attached hydrogens (tertiary/aromatic N) is 4. The van der Waals surface area contributed by atoms with Crippen molar-refractivity contribution in [2.75, 3.05) is 25.0 Å². The molecule has 37 heavy (non-hydrogen) atoms. The topological polar surface area (TPSA) is 53.9 Å². The molecule has 0 aliphatic rings. The quantitative estimate of drug-likeness (QED) is 0.238. The largest absolute Gasteiger partial charge is 0.416 e. The van der Waals surface area contributed by atoms with E-state index in [0.717, 1.165) is 78.1 Å². The highest BCUT2D eigenvalue weighted by Crippen LogP contribution is 2.36. The summed E-state index contributed by atoms with van der Waals surface area (Å²) in [6.07, 6.45) is -2.43. The summed E-state index contributed by atoms with van der Waals surface area (Å²) in [5.74, 6) is 0. The number of aryl methyl sites for hydroxylation is 2. The molecule has 1 atom stereocenters. The van der Waals surface area contributed by atoms with Gasteiger partial charge in [0, 0.05) is 17.3 Å². The Hall–Kier alpha value is -3.26. The average Bonchev–Trinajstić information content (AvgIpc) is 2.86. The molecule has 0 fully saturated rings. The SMILES string of the molecule is CCN(CC)CCCC(C)Nc1cc(-c2cccc(C(F)(F)F)c2)nc2ccc3nc(C)c(C)nc3c12. The number of anilines is 1. The first kappa shape index (κ1) is 26.8. The molecule has 2 aromatic carbocycles. The van der Waals surface area contributed by atoms with Gasteiger partial charge in [0.25, 0.3) is 0 Å².